The number of ether oxygens (including phenoxy) is 1. The average molecular weight is 234 g/mol. The summed E-state index contributed by atoms with van der Waals surface area (Å²) in [6, 6.07) is 7.57. The van der Waals surface area contributed by atoms with Gasteiger partial charge in [0.1, 0.15) is 5.75 Å². The molecule has 0 bridgehead atoms. The molecule has 4 heteroatoms. The fraction of sp³-hybridized carbons (Fsp3) is 0.385. The van der Waals surface area contributed by atoms with Crippen LogP contribution in [0.25, 0.3) is 0 Å². The lowest BCUT2D eigenvalue weighted by molar-refractivity contribution is -0.123. The molecule has 1 N–H and O–H groups in total. The van der Waals surface area contributed by atoms with Crippen molar-refractivity contribution in [1.29, 1.82) is 0 Å². The van der Waals surface area contributed by atoms with Gasteiger partial charge in [-0.1, -0.05) is 32.0 Å². The van der Waals surface area contributed by atoms with Crippen LogP contribution in [0, 0.1) is 12.8 Å². The number of nitrogens with zero attached hydrogens (tertiary/aromatic N) is 1. The summed E-state index contributed by atoms with van der Waals surface area (Å²) in [6.07, 6.45) is 1.67. The molecule has 0 saturated heterocycles. The standard InChI is InChI=1S/C13H18N2O2/c1-10(2)8-14-15-13(16)9-17-12-7-5-4-6-11(12)3/h4-8,10H,9H2,1-3H3,(H,15,16)/b14-8+. The molecule has 1 aromatic rings. The highest BCUT2D eigenvalue weighted by Gasteiger charge is 2.02. The lowest BCUT2D eigenvalue weighted by Crippen LogP contribution is -2.25. The minimum Gasteiger partial charge on any atom is -0.483 e. The summed E-state index contributed by atoms with van der Waals surface area (Å²) in [4.78, 5) is 11.4. The Kier molecular flexibility index (Phi) is 5.20. The molecule has 4 nitrogen and oxygen atoms in total. The molecule has 92 valence electrons. The number of benzene rings is 1. The van der Waals surface area contributed by atoms with Crippen molar-refractivity contribution < 1.29 is 9.53 Å². The maximum absolute atomic E-state index is 11.4. The second kappa shape index (κ2) is 6.68. The van der Waals surface area contributed by atoms with E-state index in [4.69, 9.17) is 4.74 Å². The van der Waals surface area contributed by atoms with Crippen LogP contribution in [0.15, 0.2) is 29.4 Å². The third-order valence-corrected chi connectivity index (χ3v) is 2.01. The number of hydrogen-bond donors (Lipinski definition) is 1. The number of para-hydroxylation sites is 1. The smallest absolute Gasteiger partial charge is 0.277 e. The quantitative estimate of drug-likeness (QED) is 0.626. The second-order valence-corrected chi connectivity index (χ2v) is 4.11. The van der Waals surface area contributed by atoms with E-state index < -0.39 is 0 Å². The lowest BCUT2D eigenvalue weighted by Gasteiger charge is -2.07. The molecule has 0 saturated carbocycles. The molecule has 0 fully saturated rings. The molecular weight excluding hydrogens is 216 g/mol. The molecule has 0 spiro atoms. The molecule has 0 aliphatic carbocycles. The van der Waals surface area contributed by atoms with E-state index in [0.29, 0.717) is 5.92 Å². The molecule has 0 aliphatic heterocycles. The largest absolute Gasteiger partial charge is 0.483 e. The molecule has 0 unspecified atom stereocenters. The van der Waals surface area contributed by atoms with Gasteiger partial charge in [-0.3, -0.25) is 4.79 Å². The molecule has 1 amide bonds. The molecule has 0 aromatic heterocycles. The van der Waals surface area contributed by atoms with Gasteiger partial charge in [0, 0.05) is 6.21 Å². The Labute approximate surface area is 102 Å². The lowest BCUT2D eigenvalue weighted by atomic mass is 10.2. The Morgan fingerprint density at radius 2 is 2.18 bits per heavy atom. The van der Waals surface area contributed by atoms with Crippen LogP contribution in [0.5, 0.6) is 5.75 Å². The summed E-state index contributed by atoms with van der Waals surface area (Å²) < 4.78 is 5.37. The number of aryl methyl sites for hydroxylation is 1. The molecule has 0 aliphatic rings. The maximum atomic E-state index is 11.4. The fourth-order valence-electron chi connectivity index (χ4n) is 1.15. The Balaban J connectivity index is 2.36. The van der Waals surface area contributed by atoms with Crippen molar-refractivity contribution >= 4 is 12.1 Å². The normalized spacial score (nSPS) is 10.8. The van der Waals surface area contributed by atoms with E-state index >= 15 is 0 Å². The first-order chi connectivity index (χ1) is 8.09. The highest BCUT2D eigenvalue weighted by atomic mass is 16.5. The number of carbonyl (C=O) groups is 1. The van der Waals surface area contributed by atoms with E-state index in [2.05, 4.69) is 10.5 Å². The van der Waals surface area contributed by atoms with Crippen molar-refractivity contribution in [2.75, 3.05) is 6.61 Å². The van der Waals surface area contributed by atoms with Gasteiger partial charge < -0.3 is 4.74 Å². The SMILES string of the molecule is Cc1ccccc1OCC(=O)N/N=C/C(C)C. The van der Waals surface area contributed by atoms with E-state index in [1.54, 1.807) is 6.21 Å². The topological polar surface area (TPSA) is 50.7 Å². The van der Waals surface area contributed by atoms with Crippen molar-refractivity contribution in [2.24, 2.45) is 11.0 Å². The highest BCUT2D eigenvalue weighted by Crippen LogP contribution is 2.15. The first-order valence-corrected chi connectivity index (χ1v) is 5.60. The summed E-state index contributed by atoms with van der Waals surface area (Å²) >= 11 is 0. The van der Waals surface area contributed by atoms with Crippen LogP contribution >= 0.6 is 0 Å². The van der Waals surface area contributed by atoms with Crippen LogP contribution in [0.1, 0.15) is 19.4 Å². The number of amides is 1. The third kappa shape index (κ3) is 5.15. The highest BCUT2D eigenvalue weighted by molar-refractivity contribution is 5.78. The van der Waals surface area contributed by atoms with Crippen molar-refractivity contribution in [1.82, 2.24) is 5.43 Å². The Morgan fingerprint density at radius 3 is 2.82 bits per heavy atom. The molecular formula is C13H18N2O2. The van der Waals surface area contributed by atoms with Gasteiger partial charge in [-0.2, -0.15) is 5.10 Å². The van der Waals surface area contributed by atoms with Gasteiger partial charge >= 0.3 is 0 Å². The fourth-order valence-corrected chi connectivity index (χ4v) is 1.15. The van der Waals surface area contributed by atoms with Crippen molar-refractivity contribution in [3.8, 4) is 5.75 Å². The molecule has 1 rings (SSSR count). The molecule has 1 aromatic carbocycles. The van der Waals surface area contributed by atoms with E-state index in [1.807, 2.05) is 45.0 Å². The number of carbonyl (C=O) groups excluding carboxylic acids is 1. The zero-order chi connectivity index (χ0) is 12.7. The average Bonchev–Trinajstić information content (AvgIpc) is 2.27. The van der Waals surface area contributed by atoms with E-state index in [0.717, 1.165) is 11.3 Å². The summed E-state index contributed by atoms with van der Waals surface area (Å²) in [5.41, 5.74) is 3.41. The zero-order valence-corrected chi connectivity index (χ0v) is 10.4. The number of hydrogen-bond acceptors (Lipinski definition) is 3. The summed E-state index contributed by atoms with van der Waals surface area (Å²) in [6.45, 7) is 5.88. The van der Waals surface area contributed by atoms with Gasteiger partial charge in [-0.05, 0) is 24.5 Å². The Bertz CT molecular complexity index is 400. The monoisotopic (exact) mass is 234 g/mol. The van der Waals surface area contributed by atoms with E-state index in [9.17, 15) is 4.79 Å². The van der Waals surface area contributed by atoms with E-state index in [-0.39, 0.29) is 12.5 Å². The van der Waals surface area contributed by atoms with E-state index in [1.165, 1.54) is 0 Å². The first-order valence-electron chi connectivity index (χ1n) is 5.60. The van der Waals surface area contributed by atoms with Gasteiger partial charge in [0.05, 0.1) is 0 Å². The van der Waals surface area contributed by atoms with Gasteiger partial charge in [-0.15, -0.1) is 0 Å². The van der Waals surface area contributed by atoms with Gasteiger partial charge in [0.2, 0.25) is 0 Å². The molecule has 17 heavy (non-hydrogen) atoms. The summed E-state index contributed by atoms with van der Waals surface area (Å²) in [5.74, 6) is 0.772. The Morgan fingerprint density at radius 1 is 1.47 bits per heavy atom. The van der Waals surface area contributed by atoms with Gasteiger partial charge in [0.25, 0.3) is 5.91 Å². The molecule has 0 heterocycles. The summed E-state index contributed by atoms with van der Waals surface area (Å²) in [7, 11) is 0. The minimum absolute atomic E-state index is 0.0275. The van der Waals surface area contributed by atoms with Crippen LogP contribution in [0.4, 0.5) is 0 Å². The van der Waals surface area contributed by atoms with Crippen LogP contribution < -0.4 is 10.2 Å². The summed E-state index contributed by atoms with van der Waals surface area (Å²) in [5, 5.41) is 3.80. The van der Waals surface area contributed by atoms with Crippen LogP contribution in [-0.2, 0) is 4.79 Å². The van der Waals surface area contributed by atoms with Crippen molar-refractivity contribution in [3.63, 3.8) is 0 Å². The van der Waals surface area contributed by atoms with Crippen LogP contribution in [0.2, 0.25) is 0 Å². The second-order valence-electron chi connectivity index (χ2n) is 4.11. The number of hydrazone groups is 1. The van der Waals surface area contributed by atoms with Crippen molar-refractivity contribution in [2.45, 2.75) is 20.8 Å². The predicted molar refractivity (Wildman–Crippen MR) is 68.1 cm³/mol. The first kappa shape index (κ1) is 13.2. The number of nitrogens with one attached hydrogen (secondary N) is 1. The minimum atomic E-state index is -0.259. The number of rotatable bonds is 5. The van der Waals surface area contributed by atoms with Gasteiger partial charge in [0.15, 0.2) is 6.61 Å². The van der Waals surface area contributed by atoms with Crippen LogP contribution in [0.3, 0.4) is 0 Å². The van der Waals surface area contributed by atoms with Crippen molar-refractivity contribution in [3.05, 3.63) is 29.8 Å². The van der Waals surface area contributed by atoms with Gasteiger partial charge in [-0.25, -0.2) is 5.43 Å². The predicted octanol–water partition coefficient (Wildman–Crippen LogP) is 2.13. The maximum Gasteiger partial charge on any atom is 0.277 e. The molecule has 0 radical (unpaired) electrons. The zero-order valence-electron chi connectivity index (χ0n) is 10.4. The third-order valence-electron chi connectivity index (χ3n) is 2.01. The van der Waals surface area contributed by atoms with Crippen LogP contribution in [-0.4, -0.2) is 18.7 Å². The molecule has 0 atom stereocenters. The Hall–Kier alpha value is -1.84.